The molecule has 32 heavy (non-hydrogen) atoms. The molecule has 0 aromatic heterocycles. The van der Waals surface area contributed by atoms with E-state index in [1.807, 2.05) is 31.2 Å². The van der Waals surface area contributed by atoms with Crippen LogP contribution in [-0.2, 0) is 22.8 Å². The van der Waals surface area contributed by atoms with E-state index < -0.39 is 27.8 Å². The van der Waals surface area contributed by atoms with Crippen molar-refractivity contribution >= 4 is 15.7 Å². The Labute approximate surface area is 186 Å². The van der Waals surface area contributed by atoms with Gasteiger partial charge >= 0.3 is 6.18 Å². The second-order valence-corrected chi connectivity index (χ2v) is 9.48. The summed E-state index contributed by atoms with van der Waals surface area (Å²) >= 11 is 0. The summed E-state index contributed by atoms with van der Waals surface area (Å²) in [5.41, 5.74) is 0.916. The zero-order valence-electron chi connectivity index (χ0n) is 17.9. The summed E-state index contributed by atoms with van der Waals surface area (Å²) in [4.78, 5) is 0.0399. The van der Waals surface area contributed by atoms with Gasteiger partial charge in [0.1, 0.15) is 12.4 Å². The van der Waals surface area contributed by atoms with Gasteiger partial charge in [0.25, 0.3) is 10.0 Å². The van der Waals surface area contributed by atoms with E-state index in [-0.39, 0.29) is 22.9 Å². The van der Waals surface area contributed by atoms with Crippen LogP contribution in [0, 0.1) is 6.92 Å². The van der Waals surface area contributed by atoms with Crippen molar-refractivity contribution in [2.75, 3.05) is 4.31 Å². The van der Waals surface area contributed by atoms with Gasteiger partial charge in [-0.05, 0) is 56.7 Å². The minimum absolute atomic E-state index is 0.00803. The molecule has 0 aliphatic heterocycles. The maximum Gasteiger partial charge on any atom is 0.416 e. The van der Waals surface area contributed by atoms with Crippen LogP contribution in [0.4, 0.5) is 18.9 Å². The molecule has 0 bridgehead atoms. The highest BCUT2D eigenvalue weighted by Gasteiger charge is 2.34. The molecular formula is C24H24F3NO3S. The van der Waals surface area contributed by atoms with Crippen molar-refractivity contribution in [1.29, 1.82) is 0 Å². The average molecular weight is 464 g/mol. The van der Waals surface area contributed by atoms with Gasteiger partial charge in [0.05, 0.1) is 16.1 Å². The Balaban J connectivity index is 2.08. The monoisotopic (exact) mass is 463 g/mol. The van der Waals surface area contributed by atoms with E-state index in [1.54, 1.807) is 32.0 Å². The SMILES string of the molecule is Cc1ccc(COc2cc(C(F)(F)F)ccc2N(C(C)C)S(=O)(=O)c2ccccc2)cc1. The molecule has 0 aliphatic rings. The number of anilines is 1. The predicted octanol–water partition coefficient (Wildman–Crippen LogP) is 6.20. The smallest absolute Gasteiger partial charge is 0.416 e. The van der Waals surface area contributed by atoms with Crippen molar-refractivity contribution in [3.63, 3.8) is 0 Å². The number of hydrogen-bond donors (Lipinski definition) is 0. The zero-order valence-corrected chi connectivity index (χ0v) is 18.7. The van der Waals surface area contributed by atoms with Crippen LogP contribution in [-0.4, -0.2) is 14.5 Å². The van der Waals surface area contributed by atoms with Gasteiger partial charge in [0, 0.05) is 6.04 Å². The molecule has 3 rings (SSSR count). The highest BCUT2D eigenvalue weighted by atomic mass is 32.2. The first-order chi connectivity index (χ1) is 15.0. The quantitative estimate of drug-likeness (QED) is 0.419. The van der Waals surface area contributed by atoms with E-state index in [2.05, 4.69) is 0 Å². The Hall–Kier alpha value is -3.00. The fourth-order valence-electron chi connectivity index (χ4n) is 3.22. The van der Waals surface area contributed by atoms with Crippen LogP contribution >= 0.6 is 0 Å². The molecule has 3 aromatic rings. The van der Waals surface area contributed by atoms with Crippen molar-refractivity contribution in [3.05, 3.63) is 89.5 Å². The van der Waals surface area contributed by atoms with Crippen molar-refractivity contribution < 1.29 is 26.3 Å². The van der Waals surface area contributed by atoms with Gasteiger partial charge in [-0.1, -0.05) is 48.0 Å². The Bertz CT molecular complexity index is 1160. The molecule has 170 valence electrons. The molecule has 0 saturated carbocycles. The van der Waals surface area contributed by atoms with E-state index in [9.17, 15) is 21.6 Å². The minimum atomic E-state index is -4.60. The first-order valence-corrected chi connectivity index (χ1v) is 11.4. The lowest BCUT2D eigenvalue weighted by molar-refractivity contribution is -0.137. The first kappa shape index (κ1) is 23.7. The molecule has 8 heteroatoms. The Morgan fingerprint density at radius 2 is 1.56 bits per heavy atom. The zero-order chi connectivity index (χ0) is 23.5. The molecule has 0 spiro atoms. The number of aryl methyl sites for hydroxylation is 1. The highest BCUT2D eigenvalue weighted by Crippen LogP contribution is 2.39. The number of sulfonamides is 1. The summed E-state index contributed by atoms with van der Waals surface area (Å²) in [6.07, 6.45) is -4.60. The summed E-state index contributed by atoms with van der Waals surface area (Å²) in [5, 5.41) is 0. The fourth-order valence-corrected chi connectivity index (χ4v) is 4.92. The van der Waals surface area contributed by atoms with Gasteiger partial charge in [-0.2, -0.15) is 13.2 Å². The number of ether oxygens (including phenoxy) is 1. The van der Waals surface area contributed by atoms with Crippen LogP contribution in [0.15, 0.2) is 77.7 Å². The predicted molar refractivity (Wildman–Crippen MR) is 118 cm³/mol. The van der Waals surface area contributed by atoms with Crippen molar-refractivity contribution in [3.8, 4) is 5.75 Å². The normalized spacial score (nSPS) is 12.1. The number of nitrogens with zero attached hydrogens (tertiary/aromatic N) is 1. The first-order valence-electron chi connectivity index (χ1n) is 9.99. The number of benzene rings is 3. The highest BCUT2D eigenvalue weighted by molar-refractivity contribution is 7.92. The second-order valence-electron chi connectivity index (χ2n) is 7.66. The molecule has 0 radical (unpaired) electrons. The third-order valence-corrected chi connectivity index (χ3v) is 6.81. The van der Waals surface area contributed by atoms with Crippen molar-refractivity contribution in [1.82, 2.24) is 0 Å². The molecule has 0 atom stereocenters. The number of halogens is 3. The van der Waals surface area contributed by atoms with E-state index in [0.717, 1.165) is 33.6 Å². The Kier molecular flexibility index (Phi) is 6.83. The summed E-state index contributed by atoms with van der Waals surface area (Å²) < 4.78 is 73.7. The van der Waals surface area contributed by atoms with Crippen LogP contribution in [0.5, 0.6) is 5.75 Å². The molecule has 3 aromatic carbocycles. The van der Waals surface area contributed by atoms with Crippen LogP contribution in [0.3, 0.4) is 0 Å². The maximum atomic E-state index is 13.4. The van der Waals surface area contributed by atoms with Crippen LogP contribution in [0.1, 0.15) is 30.5 Å². The summed E-state index contributed by atoms with van der Waals surface area (Å²) in [6.45, 7) is 5.22. The summed E-state index contributed by atoms with van der Waals surface area (Å²) in [7, 11) is -4.04. The second kappa shape index (κ2) is 9.24. The topological polar surface area (TPSA) is 46.6 Å². The van der Waals surface area contributed by atoms with E-state index >= 15 is 0 Å². The van der Waals surface area contributed by atoms with Crippen molar-refractivity contribution in [2.24, 2.45) is 0 Å². The molecule has 0 fully saturated rings. The van der Waals surface area contributed by atoms with Gasteiger partial charge in [-0.3, -0.25) is 4.31 Å². The Morgan fingerprint density at radius 1 is 0.938 bits per heavy atom. The third kappa shape index (κ3) is 5.24. The van der Waals surface area contributed by atoms with Gasteiger partial charge in [-0.25, -0.2) is 8.42 Å². The number of alkyl halides is 3. The Morgan fingerprint density at radius 3 is 2.12 bits per heavy atom. The molecule has 0 amide bonds. The van der Waals surface area contributed by atoms with Crippen molar-refractivity contribution in [2.45, 2.75) is 44.5 Å². The van der Waals surface area contributed by atoms with Crippen LogP contribution < -0.4 is 9.04 Å². The third-order valence-electron chi connectivity index (χ3n) is 4.81. The fraction of sp³-hybridized carbons (Fsp3) is 0.250. The molecule has 0 aliphatic carbocycles. The van der Waals surface area contributed by atoms with E-state index in [0.29, 0.717) is 0 Å². The molecule has 4 nitrogen and oxygen atoms in total. The molecule has 0 saturated heterocycles. The minimum Gasteiger partial charge on any atom is -0.487 e. The van der Waals surface area contributed by atoms with Gasteiger partial charge in [0.2, 0.25) is 0 Å². The lowest BCUT2D eigenvalue weighted by Gasteiger charge is -2.30. The molecule has 0 unspecified atom stereocenters. The lowest BCUT2D eigenvalue weighted by atomic mass is 10.1. The van der Waals surface area contributed by atoms with Crippen LogP contribution in [0.2, 0.25) is 0 Å². The van der Waals surface area contributed by atoms with E-state index in [1.165, 1.54) is 12.1 Å². The summed E-state index contributed by atoms with van der Waals surface area (Å²) in [5.74, 6) is -0.159. The number of rotatable bonds is 7. The number of hydrogen-bond acceptors (Lipinski definition) is 3. The standard InChI is InChI=1S/C24H24F3NO3S/c1-17(2)28(32(29,30)21-7-5-4-6-8-21)22-14-13-20(24(25,26)27)15-23(22)31-16-19-11-9-18(3)10-12-19/h4-15,17H,16H2,1-3H3. The van der Waals surface area contributed by atoms with Gasteiger partial charge < -0.3 is 4.74 Å². The molecule has 0 heterocycles. The van der Waals surface area contributed by atoms with Gasteiger partial charge in [0.15, 0.2) is 0 Å². The largest absolute Gasteiger partial charge is 0.487 e. The average Bonchev–Trinajstić information content (AvgIpc) is 2.73. The summed E-state index contributed by atoms with van der Waals surface area (Å²) in [6, 6.07) is 17.4. The van der Waals surface area contributed by atoms with Crippen LogP contribution in [0.25, 0.3) is 0 Å². The maximum absolute atomic E-state index is 13.4. The molecular weight excluding hydrogens is 439 g/mol. The van der Waals surface area contributed by atoms with Gasteiger partial charge in [-0.15, -0.1) is 0 Å². The molecule has 0 N–H and O–H groups in total. The lowest BCUT2D eigenvalue weighted by Crippen LogP contribution is -2.37. The van der Waals surface area contributed by atoms with E-state index in [4.69, 9.17) is 4.74 Å².